The summed E-state index contributed by atoms with van der Waals surface area (Å²) in [6, 6.07) is 14.5. The lowest BCUT2D eigenvalue weighted by Gasteiger charge is -2.19. The van der Waals surface area contributed by atoms with E-state index in [2.05, 4.69) is 50.4 Å². The molecule has 2 aromatic carbocycles. The predicted octanol–water partition coefficient (Wildman–Crippen LogP) is 3.53. The van der Waals surface area contributed by atoms with Gasteiger partial charge in [0, 0.05) is 35.8 Å². The summed E-state index contributed by atoms with van der Waals surface area (Å²) in [5, 5.41) is 13.4. The van der Waals surface area contributed by atoms with Crippen molar-refractivity contribution in [3.63, 3.8) is 0 Å². The van der Waals surface area contributed by atoms with Gasteiger partial charge in [0.2, 0.25) is 0 Å². The van der Waals surface area contributed by atoms with E-state index in [1.807, 2.05) is 6.07 Å². The number of aromatic hydroxyl groups is 1. The second-order valence-electron chi connectivity index (χ2n) is 5.80. The summed E-state index contributed by atoms with van der Waals surface area (Å²) in [4.78, 5) is 2.40. The molecular weight excluding hydrogens is 356 g/mol. The van der Waals surface area contributed by atoms with Crippen LogP contribution in [0, 0.1) is 0 Å². The first-order chi connectivity index (χ1) is 11.2. The van der Waals surface area contributed by atoms with E-state index in [9.17, 15) is 5.11 Å². The standard InChI is InChI=1S/C18H21BrN2O2/c1-23-18-7-2-13(10-17(18)22)11-20-15-8-9-21(12-15)16-5-3-14(19)4-6-16/h2-7,10,15,20,22H,8-9,11-12H2,1H3. The Morgan fingerprint density at radius 2 is 2.04 bits per heavy atom. The molecule has 3 rings (SSSR count). The highest BCUT2D eigenvalue weighted by molar-refractivity contribution is 9.10. The normalized spacial score (nSPS) is 17.5. The third kappa shape index (κ3) is 3.98. The molecule has 122 valence electrons. The molecular formula is C18H21BrN2O2. The maximum absolute atomic E-state index is 9.83. The molecule has 2 N–H and O–H groups in total. The van der Waals surface area contributed by atoms with E-state index in [0.29, 0.717) is 11.8 Å². The Bertz CT molecular complexity index is 661. The van der Waals surface area contributed by atoms with Gasteiger partial charge in [0.1, 0.15) is 0 Å². The number of phenols is 1. The third-order valence-corrected chi connectivity index (χ3v) is 4.75. The van der Waals surface area contributed by atoms with E-state index < -0.39 is 0 Å². The molecule has 0 radical (unpaired) electrons. The summed E-state index contributed by atoms with van der Waals surface area (Å²) in [7, 11) is 1.56. The van der Waals surface area contributed by atoms with Crippen molar-refractivity contribution in [2.75, 3.05) is 25.1 Å². The zero-order chi connectivity index (χ0) is 16.2. The minimum Gasteiger partial charge on any atom is -0.504 e. The summed E-state index contributed by atoms with van der Waals surface area (Å²) in [6.45, 7) is 2.81. The van der Waals surface area contributed by atoms with Gasteiger partial charge in [-0.1, -0.05) is 22.0 Å². The van der Waals surface area contributed by atoms with E-state index in [1.54, 1.807) is 19.2 Å². The van der Waals surface area contributed by atoms with Crippen LogP contribution < -0.4 is 15.0 Å². The average Bonchev–Trinajstić information content (AvgIpc) is 3.03. The number of phenolic OH excluding ortho intramolecular Hbond substituents is 1. The number of benzene rings is 2. The Morgan fingerprint density at radius 3 is 2.74 bits per heavy atom. The minimum atomic E-state index is 0.190. The molecule has 1 heterocycles. The Morgan fingerprint density at radius 1 is 1.26 bits per heavy atom. The van der Waals surface area contributed by atoms with Crippen molar-refractivity contribution in [1.29, 1.82) is 0 Å². The lowest BCUT2D eigenvalue weighted by atomic mass is 10.2. The lowest BCUT2D eigenvalue weighted by Crippen LogP contribution is -2.32. The molecule has 0 saturated carbocycles. The molecule has 0 aromatic heterocycles. The number of hydrogen-bond donors (Lipinski definition) is 2. The monoisotopic (exact) mass is 376 g/mol. The molecule has 1 fully saturated rings. The van der Waals surface area contributed by atoms with Gasteiger partial charge in [-0.05, 0) is 48.4 Å². The summed E-state index contributed by atoms with van der Waals surface area (Å²) in [6.07, 6.45) is 1.12. The van der Waals surface area contributed by atoms with Crippen molar-refractivity contribution < 1.29 is 9.84 Å². The highest BCUT2D eigenvalue weighted by atomic mass is 79.9. The van der Waals surface area contributed by atoms with E-state index >= 15 is 0 Å². The second-order valence-corrected chi connectivity index (χ2v) is 6.71. The van der Waals surface area contributed by atoms with Crippen LogP contribution in [0.5, 0.6) is 11.5 Å². The van der Waals surface area contributed by atoms with Gasteiger partial charge in [-0.2, -0.15) is 0 Å². The van der Waals surface area contributed by atoms with Crippen molar-refractivity contribution in [2.24, 2.45) is 0 Å². The molecule has 4 nitrogen and oxygen atoms in total. The first-order valence-corrected chi connectivity index (χ1v) is 8.55. The molecule has 1 atom stereocenters. The Hall–Kier alpha value is -1.72. The van der Waals surface area contributed by atoms with Gasteiger partial charge >= 0.3 is 0 Å². The molecule has 23 heavy (non-hydrogen) atoms. The quantitative estimate of drug-likeness (QED) is 0.837. The molecule has 5 heteroatoms. The second kappa shape index (κ2) is 7.23. The van der Waals surface area contributed by atoms with Crippen LogP contribution in [0.4, 0.5) is 5.69 Å². The Kier molecular flexibility index (Phi) is 5.08. The molecule has 0 bridgehead atoms. The summed E-state index contributed by atoms with van der Waals surface area (Å²) in [5.41, 5.74) is 2.32. The number of rotatable bonds is 5. The highest BCUT2D eigenvalue weighted by Gasteiger charge is 2.22. The molecule has 1 saturated heterocycles. The van der Waals surface area contributed by atoms with Gasteiger partial charge in [0.25, 0.3) is 0 Å². The fraction of sp³-hybridized carbons (Fsp3) is 0.333. The molecule has 2 aromatic rings. The Labute approximate surface area is 145 Å². The topological polar surface area (TPSA) is 44.7 Å². The SMILES string of the molecule is COc1ccc(CNC2CCN(c3ccc(Br)cc3)C2)cc1O. The van der Waals surface area contributed by atoms with E-state index in [-0.39, 0.29) is 5.75 Å². The van der Waals surface area contributed by atoms with Crippen molar-refractivity contribution in [1.82, 2.24) is 5.32 Å². The predicted molar refractivity (Wildman–Crippen MR) is 96.3 cm³/mol. The van der Waals surface area contributed by atoms with Gasteiger partial charge in [-0.3, -0.25) is 0 Å². The van der Waals surface area contributed by atoms with Crippen LogP contribution in [0.15, 0.2) is 46.9 Å². The summed E-state index contributed by atoms with van der Waals surface area (Å²) >= 11 is 3.47. The summed E-state index contributed by atoms with van der Waals surface area (Å²) in [5.74, 6) is 0.700. The zero-order valence-electron chi connectivity index (χ0n) is 13.1. The van der Waals surface area contributed by atoms with Crippen molar-refractivity contribution in [3.8, 4) is 11.5 Å². The van der Waals surface area contributed by atoms with Crippen LogP contribution in [0.3, 0.4) is 0 Å². The van der Waals surface area contributed by atoms with Crippen molar-refractivity contribution in [3.05, 3.63) is 52.5 Å². The minimum absolute atomic E-state index is 0.190. The third-order valence-electron chi connectivity index (χ3n) is 4.22. The molecule has 1 aliphatic heterocycles. The number of methoxy groups -OCH3 is 1. The summed E-state index contributed by atoms with van der Waals surface area (Å²) < 4.78 is 6.17. The van der Waals surface area contributed by atoms with Crippen molar-refractivity contribution >= 4 is 21.6 Å². The van der Waals surface area contributed by atoms with Crippen LogP contribution in [0.1, 0.15) is 12.0 Å². The van der Waals surface area contributed by atoms with Crippen LogP contribution in [0.25, 0.3) is 0 Å². The molecule has 1 aliphatic rings. The smallest absolute Gasteiger partial charge is 0.160 e. The number of hydrogen-bond acceptors (Lipinski definition) is 4. The van der Waals surface area contributed by atoms with Gasteiger partial charge < -0.3 is 20.1 Å². The fourth-order valence-electron chi connectivity index (χ4n) is 2.92. The van der Waals surface area contributed by atoms with Crippen LogP contribution >= 0.6 is 15.9 Å². The lowest BCUT2D eigenvalue weighted by molar-refractivity contribution is 0.373. The maximum Gasteiger partial charge on any atom is 0.160 e. The first-order valence-electron chi connectivity index (χ1n) is 7.75. The van der Waals surface area contributed by atoms with Crippen LogP contribution in [0.2, 0.25) is 0 Å². The maximum atomic E-state index is 9.83. The molecule has 0 aliphatic carbocycles. The van der Waals surface area contributed by atoms with Gasteiger partial charge in [0.15, 0.2) is 11.5 Å². The van der Waals surface area contributed by atoms with Gasteiger partial charge in [-0.15, -0.1) is 0 Å². The van der Waals surface area contributed by atoms with Crippen LogP contribution in [-0.2, 0) is 6.54 Å². The number of nitrogens with one attached hydrogen (secondary N) is 1. The van der Waals surface area contributed by atoms with Gasteiger partial charge in [-0.25, -0.2) is 0 Å². The van der Waals surface area contributed by atoms with Crippen LogP contribution in [-0.4, -0.2) is 31.3 Å². The number of halogens is 1. The zero-order valence-corrected chi connectivity index (χ0v) is 14.7. The Balaban J connectivity index is 1.54. The number of nitrogens with zero attached hydrogens (tertiary/aromatic N) is 1. The fourth-order valence-corrected chi connectivity index (χ4v) is 3.19. The molecule has 0 amide bonds. The molecule has 1 unspecified atom stereocenters. The average molecular weight is 377 g/mol. The largest absolute Gasteiger partial charge is 0.504 e. The van der Waals surface area contributed by atoms with E-state index in [1.165, 1.54) is 5.69 Å². The highest BCUT2D eigenvalue weighted by Crippen LogP contribution is 2.26. The van der Waals surface area contributed by atoms with E-state index in [4.69, 9.17) is 4.74 Å². The van der Waals surface area contributed by atoms with Crippen molar-refractivity contribution in [2.45, 2.75) is 19.0 Å². The van der Waals surface area contributed by atoms with E-state index in [0.717, 1.165) is 36.1 Å². The van der Waals surface area contributed by atoms with Gasteiger partial charge in [0.05, 0.1) is 7.11 Å². The number of anilines is 1. The number of ether oxygens (including phenoxy) is 1. The molecule has 0 spiro atoms. The first kappa shape index (κ1) is 16.1.